The van der Waals surface area contributed by atoms with E-state index in [1.807, 2.05) is 0 Å². The van der Waals surface area contributed by atoms with Crippen LogP contribution in [0.25, 0.3) is 0 Å². The number of nitrogens with zero attached hydrogens (tertiary/aromatic N) is 1. The summed E-state index contributed by atoms with van der Waals surface area (Å²) in [5.41, 5.74) is 5.88. The summed E-state index contributed by atoms with van der Waals surface area (Å²) in [6.45, 7) is 1.73. The van der Waals surface area contributed by atoms with E-state index in [4.69, 9.17) is 22.4 Å². The van der Waals surface area contributed by atoms with Gasteiger partial charge in [0, 0.05) is 18.8 Å². The molecule has 0 saturated heterocycles. The number of hydrogen-bond donors (Lipinski definition) is 2. The first-order valence-electron chi connectivity index (χ1n) is 5.09. The van der Waals surface area contributed by atoms with Gasteiger partial charge in [-0.25, -0.2) is 8.42 Å². The normalized spacial score (nSPS) is 12.0. The van der Waals surface area contributed by atoms with Crippen molar-refractivity contribution in [1.29, 1.82) is 0 Å². The van der Waals surface area contributed by atoms with Gasteiger partial charge in [0.05, 0.1) is 11.6 Å². The van der Waals surface area contributed by atoms with Crippen molar-refractivity contribution >= 4 is 27.3 Å². The molecule has 0 fully saturated rings. The van der Waals surface area contributed by atoms with Crippen LogP contribution in [0.5, 0.6) is 0 Å². The minimum Gasteiger partial charge on any atom is -0.399 e. The Morgan fingerprint density at radius 2 is 2.12 bits per heavy atom. The SMILES string of the molecule is CCN(CCO)S(=O)(=O)c1cc(N)ccc1Cl. The van der Waals surface area contributed by atoms with Gasteiger partial charge in [-0.3, -0.25) is 0 Å². The molecule has 1 aromatic rings. The van der Waals surface area contributed by atoms with Gasteiger partial charge < -0.3 is 10.8 Å². The average molecular weight is 279 g/mol. The van der Waals surface area contributed by atoms with Crippen molar-refractivity contribution in [3.63, 3.8) is 0 Å². The van der Waals surface area contributed by atoms with Gasteiger partial charge in [0.25, 0.3) is 0 Å². The number of nitrogens with two attached hydrogens (primary N) is 1. The molecular weight excluding hydrogens is 264 g/mol. The van der Waals surface area contributed by atoms with Crippen LogP contribution in [-0.4, -0.2) is 37.5 Å². The van der Waals surface area contributed by atoms with E-state index in [9.17, 15) is 8.42 Å². The Balaban J connectivity index is 3.24. The third kappa shape index (κ3) is 3.10. The molecule has 0 saturated carbocycles. The van der Waals surface area contributed by atoms with Crippen LogP contribution < -0.4 is 5.73 Å². The first-order valence-corrected chi connectivity index (χ1v) is 6.91. The summed E-state index contributed by atoms with van der Waals surface area (Å²) in [5, 5.41) is 8.96. The van der Waals surface area contributed by atoms with Crippen LogP contribution in [0.4, 0.5) is 5.69 Å². The van der Waals surface area contributed by atoms with E-state index in [1.54, 1.807) is 6.92 Å². The molecule has 17 heavy (non-hydrogen) atoms. The van der Waals surface area contributed by atoms with E-state index < -0.39 is 10.0 Å². The Bertz CT molecular complexity index is 490. The highest BCUT2D eigenvalue weighted by Crippen LogP contribution is 2.26. The summed E-state index contributed by atoms with van der Waals surface area (Å²) in [4.78, 5) is -0.0329. The summed E-state index contributed by atoms with van der Waals surface area (Å²) in [6.07, 6.45) is 0. The molecule has 96 valence electrons. The molecule has 7 heteroatoms. The predicted octanol–water partition coefficient (Wildman–Crippen LogP) is 0.925. The number of sulfonamides is 1. The van der Waals surface area contributed by atoms with E-state index in [0.29, 0.717) is 5.69 Å². The van der Waals surface area contributed by atoms with Crippen LogP contribution in [0.15, 0.2) is 23.1 Å². The van der Waals surface area contributed by atoms with Crippen molar-refractivity contribution in [1.82, 2.24) is 4.31 Å². The summed E-state index contributed by atoms with van der Waals surface area (Å²) in [5.74, 6) is 0. The predicted molar refractivity (Wildman–Crippen MR) is 67.4 cm³/mol. The van der Waals surface area contributed by atoms with E-state index in [1.165, 1.54) is 18.2 Å². The fourth-order valence-electron chi connectivity index (χ4n) is 1.42. The minimum absolute atomic E-state index is 0.0317. The van der Waals surface area contributed by atoms with E-state index in [2.05, 4.69) is 0 Å². The lowest BCUT2D eigenvalue weighted by Gasteiger charge is -2.20. The molecule has 1 rings (SSSR count). The average Bonchev–Trinajstić information content (AvgIpc) is 2.28. The highest BCUT2D eigenvalue weighted by atomic mass is 35.5. The molecule has 0 aliphatic rings. The third-order valence-electron chi connectivity index (χ3n) is 2.28. The molecule has 0 radical (unpaired) electrons. The van der Waals surface area contributed by atoms with Crippen molar-refractivity contribution in [2.75, 3.05) is 25.4 Å². The molecule has 0 atom stereocenters. The van der Waals surface area contributed by atoms with E-state index >= 15 is 0 Å². The molecular formula is C10H15ClN2O3S. The first kappa shape index (κ1) is 14.2. The standard InChI is InChI=1S/C10H15ClN2O3S/c1-2-13(5-6-14)17(15,16)10-7-8(12)3-4-9(10)11/h3-4,7,14H,2,5-6,12H2,1H3. The molecule has 0 aromatic heterocycles. The second kappa shape index (κ2) is 5.68. The van der Waals surface area contributed by atoms with Gasteiger partial charge in [0.15, 0.2) is 0 Å². The lowest BCUT2D eigenvalue weighted by molar-refractivity contribution is 0.257. The van der Waals surface area contributed by atoms with Crippen molar-refractivity contribution in [2.45, 2.75) is 11.8 Å². The van der Waals surface area contributed by atoms with Crippen LogP contribution in [0.1, 0.15) is 6.92 Å². The number of likely N-dealkylation sites (N-methyl/N-ethyl adjacent to an activating group) is 1. The summed E-state index contributed by atoms with van der Waals surface area (Å²) in [6, 6.07) is 4.29. The van der Waals surface area contributed by atoms with Gasteiger partial charge in [0.2, 0.25) is 10.0 Å². The molecule has 0 bridgehead atoms. The molecule has 0 heterocycles. The Morgan fingerprint density at radius 1 is 1.47 bits per heavy atom. The largest absolute Gasteiger partial charge is 0.399 e. The molecule has 0 unspecified atom stereocenters. The molecule has 1 aromatic carbocycles. The van der Waals surface area contributed by atoms with Crippen LogP contribution in [-0.2, 0) is 10.0 Å². The number of aliphatic hydroxyl groups excluding tert-OH is 1. The lowest BCUT2D eigenvalue weighted by Crippen LogP contribution is -2.33. The maximum absolute atomic E-state index is 12.2. The topological polar surface area (TPSA) is 83.6 Å². The number of aliphatic hydroxyl groups is 1. The number of rotatable bonds is 5. The lowest BCUT2D eigenvalue weighted by atomic mass is 10.3. The smallest absolute Gasteiger partial charge is 0.244 e. The molecule has 3 N–H and O–H groups in total. The third-order valence-corrected chi connectivity index (χ3v) is 4.73. The van der Waals surface area contributed by atoms with Gasteiger partial charge in [-0.1, -0.05) is 18.5 Å². The molecule has 0 aliphatic heterocycles. The zero-order valence-corrected chi connectivity index (χ0v) is 11.0. The van der Waals surface area contributed by atoms with E-state index in [-0.39, 0.29) is 29.6 Å². The summed E-state index contributed by atoms with van der Waals surface area (Å²) < 4.78 is 25.5. The number of halogens is 1. The zero-order valence-electron chi connectivity index (χ0n) is 9.43. The number of hydrogen-bond acceptors (Lipinski definition) is 4. The molecule has 0 amide bonds. The van der Waals surface area contributed by atoms with Crippen LogP contribution in [0.2, 0.25) is 5.02 Å². The number of anilines is 1. The van der Waals surface area contributed by atoms with Gasteiger partial charge in [0.1, 0.15) is 4.90 Å². The molecule has 0 spiro atoms. The van der Waals surface area contributed by atoms with Crippen molar-refractivity contribution in [3.05, 3.63) is 23.2 Å². The van der Waals surface area contributed by atoms with Gasteiger partial charge in [-0.2, -0.15) is 4.31 Å². The van der Waals surface area contributed by atoms with Crippen LogP contribution in [0, 0.1) is 0 Å². The summed E-state index contributed by atoms with van der Waals surface area (Å²) >= 11 is 5.86. The van der Waals surface area contributed by atoms with E-state index in [0.717, 1.165) is 4.31 Å². The second-order valence-electron chi connectivity index (χ2n) is 3.41. The molecule has 0 aliphatic carbocycles. The van der Waals surface area contributed by atoms with Crippen molar-refractivity contribution in [2.24, 2.45) is 0 Å². The van der Waals surface area contributed by atoms with Crippen molar-refractivity contribution < 1.29 is 13.5 Å². The number of nitrogen functional groups attached to an aromatic ring is 1. The van der Waals surface area contributed by atoms with Gasteiger partial charge >= 0.3 is 0 Å². The fraction of sp³-hybridized carbons (Fsp3) is 0.400. The highest BCUT2D eigenvalue weighted by molar-refractivity contribution is 7.89. The highest BCUT2D eigenvalue weighted by Gasteiger charge is 2.25. The number of benzene rings is 1. The Morgan fingerprint density at radius 3 is 2.65 bits per heavy atom. The van der Waals surface area contributed by atoms with Gasteiger partial charge in [-0.05, 0) is 18.2 Å². The summed E-state index contributed by atoms with van der Waals surface area (Å²) in [7, 11) is -3.71. The first-order chi connectivity index (χ1) is 7.93. The fourth-order valence-corrected chi connectivity index (χ4v) is 3.37. The maximum Gasteiger partial charge on any atom is 0.244 e. The quantitative estimate of drug-likeness (QED) is 0.785. The zero-order chi connectivity index (χ0) is 13.1. The van der Waals surface area contributed by atoms with Crippen LogP contribution >= 0.6 is 11.6 Å². The van der Waals surface area contributed by atoms with Gasteiger partial charge in [-0.15, -0.1) is 0 Å². The molecule has 5 nitrogen and oxygen atoms in total. The Labute approximate surface area is 106 Å². The van der Waals surface area contributed by atoms with Crippen molar-refractivity contribution in [3.8, 4) is 0 Å². The monoisotopic (exact) mass is 278 g/mol. The van der Waals surface area contributed by atoms with Crippen LogP contribution in [0.3, 0.4) is 0 Å². The Kier molecular flexibility index (Phi) is 4.76. The second-order valence-corrected chi connectivity index (χ2v) is 5.72. The minimum atomic E-state index is -3.71. The Hall–Kier alpha value is -0.820. The maximum atomic E-state index is 12.2.